The van der Waals surface area contributed by atoms with Gasteiger partial charge in [-0.05, 0) is 32.0 Å². The molecule has 0 spiro atoms. The van der Waals surface area contributed by atoms with Gasteiger partial charge in [0, 0.05) is 42.5 Å². The number of ketones is 1. The summed E-state index contributed by atoms with van der Waals surface area (Å²) in [5.41, 5.74) is -0.492. The lowest BCUT2D eigenvalue weighted by atomic mass is 9.97. The van der Waals surface area contributed by atoms with E-state index in [1.807, 2.05) is 32.6 Å². The first kappa shape index (κ1) is 22.6. The van der Waals surface area contributed by atoms with Crippen molar-refractivity contribution < 1.29 is 24.7 Å². The number of benzene rings is 2. The van der Waals surface area contributed by atoms with Crippen LogP contribution in [0.1, 0.15) is 54.0 Å². The van der Waals surface area contributed by atoms with Crippen LogP contribution in [0.2, 0.25) is 0 Å². The molecule has 150 valence electrons. The van der Waals surface area contributed by atoms with E-state index < -0.39 is 27.9 Å². The number of nitro benzene ring substituents is 1. The fraction of sp³-hybridized carbons (Fsp3) is 0.300. The van der Waals surface area contributed by atoms with Crippen molar-refractivity contribution >= 4 is 23.1 Å². The Morgan fingerprint density at radius 3 is 2.04 bits per heavy atom. The molecule has 0 radical (unpaired) electrons. The number of phenols is 1. The minimum absolute atomic E-state index is 0.0720. The van der Waals surface area contributed by atoms with Gasteiger partial charge < -0.3 is 15.1 Å². The number of aromatic carboxylic acids is 1. The maximum Gasteiger partial charge on any atom is 0.336 e. The maximum absolute atomic E-state index is 12.7. The van der Waals surface area contributed by atoms with E-state index in [0.29, 0.717) is 0 Å². The quantitative estimate of drug-likeness (QED) is 0.416. The van der Waals surface area contributed by atoms with Gasteiger partial charge >= 0.3 is 5.97 Å². The lowest BCUT2D eigenvalue weighted by Gasteiger charge is -2.21. The molecule has 2 N–H and O–H groups in total. The SMILES string of the molecule is CC.CCN(CC)c1ccc(C(=O)c2ccc([N+](=O)[O-])cc2C(=O)O)c(O)c1. The smallest absolute Gasteiger partial charge is 0.336 e. The second kappa shape index (κ2) is 10.1. The number of hydrogen-bond donors (Lipinski definition) is 2. The number of carboxylic acid groups (broad SMARTS) is 1. The van der Waals surface area contributed by atoms with Gasteiger partial charge in [-0.1, -0.05) is 13.8 Å². The molecule has 0 atom stereocenters. The van der Waals surface area contributed by atoms with Gasteiger partial charge in [-0.3, -0.25) is 14.9 Å². The predicted molar refractivity (Wildman–Crippen MR) is 107 cm³/mol. The second-order valence-corrected chi connectivity index (χ2v) is 5.50. The molecule has 0 saturated carbocycles. The van der Waals surface area contributed by atoms with Crippen LogP contribution in [-0.4, -0.2) is 40.0 Å². The number of phenolic OH excluding ortho intramolecular Hbond substituents is 1. The average molecular weight is 388 g/mol. The van der Waals surface area contributed by atoms with E-state index in [-0.39, 0.29) is 16.9 Å². The van der Waals surface area contributed by atoms with Gasteiger partial charge in [-0.15, -0.1) is 0 Å². The van der Waals surface area contributed by atoms with Crippen LogP contribution in [-0.2, 0) is 0 Å². The number of carboxylic acids is 1. The molecule has 0 fully saturated rings. The molecule has 0 amide bonds. The minimum Gasteiger partial charge on any atom is -0.507 e. The molecule has 2 aromatic rings. The summed E-state index contributed by atoms with van der Waals surface area (Å²) in [7, 11) is 0. The standard InChI is InChI=1S/C18H18N2O6.C2H6/c1-3-19(4-2)11-5-8-14(16(21)10-11)17(22)13-7-6-12(20(25)26)9-15(13)18(23)24;1-2/h5-10,21H,3-4H2,1-2H3,(H,23,24);1-2H3. The minimum atomic E-state index is -1.46. The fourth-order valence-corrected chi connectivity index (χ4v) is 2.66. The van der Waals surface area contributed by atoms with Crippen molar-refractivity contribution in [1.82, 2.24) is 0 Å². The Kier molecular flexibility index (Phi) is 8.12. The highest BCUT2D eigenvalue weighted by Crippen LogP contribution is 2.28. The van der Waals surface area contributed by atoms with E-state index in [1.165, 1.54) is 12.1 Å². The normalized spacial score (nSPS) is 9.86. The molecule has 8 nitrogen and oxygen atoms in total. The molecule has 0 saturated heterocycles. The first-order valence-corrected chi connectivity index (χ1v) is 8.94. The van der Waals surface area contributed by atoms with Crippen LogP contribution in [0.4, 0.5) is 11.4 Å². The molecule has 0 aromatic heterocycles. The fourth-order valence-electron chi connectivity index (χ4n) is 2.66. The molecule has 0 aliphatic carbocycles. The van der Waals surface area contributed by atoms with Gasteiger partial charge in [0.15, 0.2) is 5.78 Å². The van der Waals surface area contributed by atoms with Crippen molar-refractivity contribution in [3.05, 3.63) is 63.2 Å². The van der Waals surface area contributed by atoms with Gasteiger partial charge in [-0.2, -0.15) is 0 Å². The van der Waals surface area contributed by atoms with E-state index in [1.54, 1.807) is 6.07 Å². The molecular formula is C20H24N2O6. The van der Waals surface area contributed by atoms with Crippen LogP contribution < -0.4 is 4.90 Å². The Labute approximate surface area is 163 Å². The summed E-state index contributed by atoms with van der Waals surface area (Å²) in [5, 5.41) is 30.3. The summed E-state index contributed by atoms with van der Waals surface area (Å²) >= 11 is 0. The van der Waals surface area contributed by atoms with Gasteiger partial charge in [0.25, 0.3) is 5.69 Å². The first-order valence-electron chi connectivity index (χ1n) is 8.94. The Morgan fingerprint density at radius 1 is 1.00 bits per heavy atom. The molecule has 28 heavy (non-hydrogen) atoms. The first-order chi connectivity index (χ1) is 13.3. The summed E-state index contributed by atoms with van der Waals surface area (Å²) in [4.78, 5) is 36.1. The number of aromatic hydroxyl groups is 1. The summed E-state index contributed by atoms with van der Waals surface area (Å²) in [6.45, 7) is 9.34. The largest absolute Gasteiger partial charge is 0.507 e. The third kappa shape index (κ3) is 4.85. The van der Waals surface area contributed by atoms with E-state index >= 15 is 0 Å². The third-order valence-electron chi connectivity index (χ3n) is 4.04. The van der Waals surface area contributed by atoms with Crippen LogP contribution in [0.15, 0.2) is 36.4 Å². The van der Waals surface area contributed by atoms with Crippen LogP contribution in [0.3, 0.4) is 0 Å². The number of nitrogens with zero attached hydrogens (tertiary/aromatic N) is 2. The van der Waals surface area contributed by atoms with Crippen molar-refractivity contribution in [2.24, 2.45) is 0 Å². The Hall–Kier alpha value is -3.42. The highest BCUT2D eigenvalue weighted by molar-refractivity contribution is 6.15. The number of carbonyl (C=O) groups excluding carboxylic acids is 1. The van der Waals surface area contributed by atoms with Gasteiger partial charge in [0.05, 0.1) is 16.1 Å². The lowest BCUT2D eigenvalue weighted by molar-refractivity contribution is -0.384. The van der Waals surface area contributed by atoms with E-state index in [9.17, 15) is 29.9 Å². The lowest BCUT2D eigenvalue weighted by Crippen LogP contribution is -2.21. The number of nitro groups is 1. The number of rotatable bonds is 7. The zero-order valence-electron chi connectivity index (χ0n) is 16.3. The summed E-state index contributed by atoms with van der Waals surface area (Å²) < 4.78 is 0. The van der Waals surface area contributed by atoms with Crippen molar-refractivity contribution in [2.75, 3.05) is 18.0 Å². The van der Waals surface area contributed by atoms with Gasteiger partial charge in [0.1, 0.15) is 5.75 Å². The Balaban J connectivity index is 0.00000190. The van der Waals surface area contributed by atoms with Crippen molar-refractivity contribution in [2.45, 2.75) is 27.7 Å². The molecule has 8 heteroatoms. The van der Waals surface area contributed by atoms with Crippen LogP contribution in [0.5, 0.6) is 5.75 Å². The van der Waals surface area contributed by atoms with Crippen LogP contribution in [0, 0.1) is 10.1 Å². The topological polar surface area (TPSA) is 121 Å². The number of carbonyl (C=O) groups is 2. The molecule has 2 aromatic carbocycles. The molecule has 0 aliphatic rings. The van der Waals surface area contributed by atoms with E-state index in [4.69, 9.17) is 0 Å². The van der Waals surface area contributed by atoms with Crippen molar-refractivity contribution in [1.29, 1.82) is 0 Å². The van der Waals surface area contributed by atoms with E-state index in [0.717, 1.165) is 37.0 Å². The molecule has 0 unspecified atom stereocenters. The molecular weight excluding hydrogens is 364 g/mol. The summed E-state index contributed by atoms with van der Waals surface area (Å²) in [6.07, 6.45) is 0. The number of non-ortho nitro benzene ring substituents is 1. The Bertz CT molecular complexity index is 875. The number of hydrogen-bond acceptors (Lipinski definition) is 6. The number of anilines is 1. The molecule has 2 rings (SSSR count). The summed E-state index contributed by atoms with van der Waals surface area (Å²) in [5.74, 6) is -2.47. The highest BCUT2D eigenvalue weighted by Gasteiger charge is 2.23. The maximum atomic E-state index is 12.7. The van der Waals surface area contributed by atoms with Gasteiger partial charge in [-0.25, -0.2) is 4.79 Å². The summed E-state index contributed by atoms with van der Waals surface area (Å²) in [6, 6.07) is 7.48. The van der Waals surface area contributed by atoms with Crippen LogP contribution in [0.25, 0.3) is 0 Å². The monoisotopic (exact) mass is 388 g/mol. The highest BCUT2D eigenvalue weighted by atomic mass is 16.6. The Morgan fingerprint density at radius 2 is 1.57 bits per heavy atom. The second-order valence-electron chi connectivity index (χ2n) is 5.50. The van der Waals surface area contributed by atoms with Gasteiger partial charge in [0.2, 0.25) is 0 Å². The van der Waals surface area contributed by atoms with E-state index in [2.05, 4.69) is 0 Å². The predicted octanol–water partition coefficient (Wildman–Crippen LogP) is 4.10. The molecule has 0 aliphatic heterocycles. The zero-order chi connectivity index (χ0) is 21.4. The molecule has 0 bridgehead atoms. The molecule has 0 heterocycles. The van der Waals surface area contributed by atoms with Crippen LogP contribution >= 0.6 is 0 Å². The van der Waals surface area contributed by atoms with Crippen molar-refractivity contribution in [3.8, 4) is 5.75 Å². The van der Waals surface area contributed by atoms with Crippen molar-refractivity contribution in [3.63, 3.8) is 0 Å². The zero-order valence-corrected chi connectivity index (χ0v) is 16.3. The third-order valence-corrected chi connectivity index (χ3v) is 4.04. The average Bonchev–Trinajstić information content (AvgIpc) is 2.69.